The Kier molecular flexibility index (Phi) is 6.99. The third kappa shape index (κ3) is 4.83. The summed E-state index contributed by atoms with van der Waals surface area (Å²) in [5.41, 5.74) is 2.32. The number of ketones is 1. The van der Waals surface area contributed by atoms with Crippen LogP contribution in [0.5, 0.6) is 0 Å². The number of hydrogen-bond acceptors (Lipinski definition) is 7. The number of aromatic nitrogens is 3. The van der Waals surface area contributed by atoms with Gasteiger partial charge in [0.2, 0.25) is 0 Å². The summed E-state index contributed by atoms with van der Waals surface area (Å²) in [5.74, 6) is -1.48. The summed E-state index contributed by atoms with van der Waals surface area (Å²) in [6, 6.07) is 7.64. The molecule has 0 saturated heterocycles. The van der Waals surface area contributed by atoms with Crippen LogP contribution in [-0.2, 0) is 16.0 Å². The average Bonchev–Trinajstić information content (AvgIpc) is 3.17. The Hall–Kier alpha value is -3.59. The molecule has 2 aromatic heterocycles. The number of hydrogen-bond donors (Lipinski definition) is 2. The quantitative estimate of drug-likeness (QED) is 0.225. The predicted molar refractivity (Wildman–Crippen MR) is 120 cm³/mol. The maximum Gasteiger partial charge on any atom is 0.342 e. The summed E-state index contributed by atoms with van der Waals surface area (Å²) in [6.45, 7) is 5.13. The van der Waals surface area contributed by atoms with Gasteiger partial charge in [0.15, 0.2) is 11.4 Å². The van der Waals surface area contributed by atoms with Crippen LogP contribution < -0.4 is 5.32 Å². The van der Waals surface area contributed by atoms with Crippen molar-refractivity contribution in [1.29, 1.82) is 5.41 Å². The maximum atomic E-state index is 14.9. The fourth-order valence-electron chi connectivity index (χ4n) is 2.99. The molecule has 32 heavy (non-hydrogen) atoms. The van der Waals surface area contributed by atoms with Crippen molar-refractivity contribution in [3.63, 3.8) is 0 Å². The van der Waals surface area contributed by atoms with Gasteiger partial charge in [0, 0.05) is 36.1 Å². The van der Waals surface area contributed by atoms with Gasteiger partial charge in [-0.05, 0) is 37.6 Å². The van der Waals surface area contributed by atoms with Crippen LogP contribution in [0.2, 0.25) is 0 Å². The molecule has 0 radical (unpaired) electrons. The molecule has 0 spiro atoms. The van der Waals surface area contributed by atoms with Crippen LogP contribution in [0.1, 0.15) is 37.0 Å². The van der Waals surface area contributed by atoms with Gasteiger partial charge in [-0.2, -0.15) is 5.10 Å². The van der Waals surface area contributed by atoms with Crippen molar-refractivity contribution in [2.45, 2.75) is 27.2 Å². The lowest BCUT2D eigenvalue weighted by atomic mass is 10.1. The summed E-state index contributed by atoms with van der Waals surface area (Å²) >= 11 is 5.63. The highest BCUT2D eigenvalue weighted by Crippen LogP contribution is 2.26. The minimum atomic E-state index is -0.758. The molecule has 3 aromatic rings. The Bertz CT molecular complexity index is 1250. The average molecular weight is 458 g/mol. The molecule has 0 saturated carbocycles. The molecule has 0 atom stereocenters. The van der Waals surface area contributed by atoms with Crippen LogP contribution in [0, 0.1) is 11.2 Å². The van der Waals surface area contributed by atoms with E-state index in [1.807, 2.05) is 6.92 Å². The van der Waals surface area contributed by atoms with Crippen LogP contribution >= 0.6 is 11.6 Å². The number of carbonyl (C=O) groups excluding carboxylic acids is 2. The lowest BCUT2D eigenvalue weighted by molar-refractivity contribution is -0.137. The zero-order valence-corrected chi connectivity index (χ0v) is 18.5. The molecule has 8 nitrogen and oxygen atoms in total. The number of carbonyl (C=O) groups is 2. The largest absolute Gasteiger partial charge is 0.462 e. The zero-order chi connectivity index (χ0) is 23.4. The van der Waals surface area contributed by atoms with Gasteiger partial charge in [0.1, 0.15) is 22.3 Å². The number of benzene rings is 1. The van der Waals surface area contributed by atoms with E-state index in [0.717, 1.165) is 5.69 Å². The van der Waals surface area contributed by atoms with Gasteiger partial charge in [-0.1, -0.05) is 18.5 Å². The van der Waals surface area contributed by atoms with E-state index in [9.17, 15) is 14.0 Å². The number of aryl methyl sites for hydroxylation is 1. The molecule has 2 N–H and O–H groups in total. The van der Waals surface area contributed by atoms with Crippen molar-refractivity contribution >= 4 is 39.9 Å². The second kappa shape index (κ2) is 9.69. The minimum Gasteiger partial charge on any atom is -0.462 e. The molecule has 0 aliphatic heterocycles. The molecule has 0 unspecified atom stereocenters. The second-order valence-corrected chi connectivity index (χ2v) is 7.15. The van der Waals surface area contributed by atoms with E-state index in [1.165, 1.54) is 25.3 Å². The number of rotatable bonds is 8. The number of Topliss-reactive ketones (excluding diaryl/α,β-unsaturated/α-hetero) is 1. The molecule has 0 aliphatic carbocycles. The third-order valence-electron chi connectivity index (χ3n) is 4.58. The van der Waals surface area contributed by atoms with Gasteiger partial charge in [0.25, 0.3) is 0 Å². The molecular formula is C22H21ClFN5O3. The fourth-order valence-corrected chi connectivity index (χ4v) is 3.12. The summed E-state index contributed by atoms with van der Waals surface area (Å²) in [7, 11) is 0. The van der Waals surface area contributed by atoms with Gasteiger partial charge in [-0.3, -0.25) is 10.2 Å². The molecule has 0 bridgehead atoms. The highest BCUT2D eigenvalue weighted by molar-refractivity contribution is 6.71. The van der Waals surface area contributed by atoms with Crippen LogP contribution in [0.4, 0.5) is 10.1 Å². The Morgan fingerprint density at radius 2 is 2.03 bits per heavy atom. The van der Waals surface area contributed by atoms with Crippen molar-refractivity contribution in [2.24, 2.45) is 0 Å². The molecule has 0 amide bonds. The van der Waals surface area contributed by atoms with Gasteiger partial charge >= 0.3 is 5.97 Å². The second-order valence-electron chi connectivity index (χ2n) is 6.77. The van der Waals surface area contributed by atoms with Crippen molar-refractivity contribution in [1.82, 2.24) is 14.6 Å². The first-order valence-corrected chi connectivity index (χ1v) is 10.2. The smallest absolute Gasteiger partial charge is 0.342 e. The first-order chi connectivity index (χ1) is 15.2. The molecule has 0 fully saturated rings. The summed E-state index contributed by atoms with van der Waals surface area (Å²) in [5, 5.41) is 14.2. The van der Waals surface area contributed by atoms with Crippen molar-refractivity contribution in [2.75, 3.05) is 11.9 Å². The van der Waals surface area contributed by atoms with E-state index >= 15 is 0 Å². The normalized spacial score (nSPS) is 11.5. The maximum absolute atomic E-state index is 14.9. The number of nitrogens with one attached hydrogen (secondary N) is 2. The number of anilines is 1. The number of nitrogens with zero attached hydrogens (tertiary/aromatic N) is 3. The number of esters is 1. The summed E-state index contributed by atoms with van der Waals surface area (Å²) < 4.78 is 21.3. The van der Waals surface area contributed by atoms with E-state index in [0.29, 0.717) is 29.1 Å². The SMILES string of the molecule is CCOC(=O)/C(=C/Nc1ccc(-c2cc3nc(C(C)=O)cc(CC)n3n2)c(F)c1)C(=N)Cl. The van der Waals surface area contributed by atoms with Crippen LogP contribution in [0.25, 0.3) is 16.9 Å². The third-order valence-corrected chi connectivity index (χ3v) is 4.79. The number of ether oxygens (including phenoxy) is 1. The first-order valence-electron chi connectivity index (χ1n) is 9.83. The lowest BCUT2D eigenvalue weighted by Crippen LogP contribution is -2.13. The standard InChI is InChI=1S/C22H21ClFN5O3/c1-4-14-9-18(12(3)30)27-20-10-19(28-29(14)20)15-7-6-13(8-17(15)24)26-11-16(21(23)25)22(31)32-5-2/h6-11,25-26H,4-5H2,1-3H3/b16-11+,25-21?. The Morgan fingerprint density at radius 3 is 2.62 bits per heavy atom. The molecule has 166 valence electrons. The molecule has 1 aromatic carbocycles. The monoisotopic (exact) mass is 457 g/mol. The van der Waals surface area contributed by atoms with Gasteiger partial charge < -0.3 is 10.1 Å². The van der Waals surface area contributed by atoms with Gasteiger partial charge in [-0.25, -0.2) is 18.7 Å². The minimum absolute atomic E-state index is 0.130. The lowest BCUT2D eigenvalue weighted by Gasteiger charge is -2.07. The summed E-state index contributed by atoms with van der Waals surface area (Å²) in [6.07, 6.45) is 1.81. The van der Waals surface area contributed by atoms with Crippen LogP contribution in [-0.4, -0.2) is 38.1 Å². The van der Waals surface area contributed by atoms with Crippen molar-refractivity contribution < 1.29 is 18.7 Å². The van der Waals surface area contributed by atoms with E-state index in [-0.39, 0.29) is 23.5 Å². The van der Waals surface area contributed by atoms with Crippen LogP contribution in [0.3, 0.4) is 0 Å². The predicted octanol–water partition coefficient (Wildman–Crippen LogP) is 4.38. The van der Waals surface area contributed by atoms with E-state index in [4.69, 9.17) is 21.7 Å². The summed E-state index contributed by atoms with van der Waals surface area (Å²) in [4.78, 5) is 27.9. The van der Waals surface area contributed by atoms with E-state index in [1.54, 1.807) is 29.6 Å². The van der Waals surface area contributed by atoms with Crippen molar-refractivity contribution in [3.8, 4) is 11.3 Å². The Morgan fingerprint density at radius 1 is 1.28 bits per heavy atom. The Balaban J connectivity index is 1.93. The zero-order valence-electron chi connectivity index (χ0n) is 17.7. The van der Waals surface area contributed by atoms with Crippen molar-refractivity contribution in [3.05, 3.63) is 59.3 Å². The topological polar surface area (TPSA) is 109 Å². The highest BCUT2D eigenvalue weighted by atomic mass is 35.5. The fraction of sp³-hybridized carbons (Fsp3) is 0.227. The Labute approximate surface area is 188 Å². The molecule has 10 heteroatoms. The molecule has 0 aliphatic rings. The first kappa shape index (κ1) is 23.1. The van der Waals surface area contributed by atoms with Gasteiger partial charge in [0.05, 0.1) is 12.3 Å². The number of halogens is 2. The number of fused-ring (bicyclic) bond motifs is 1. The molecular weight excluding hydrogens is 437 g/mol. The van der Waals surface area contributed by atoms with E-state index < -0.39 is 17.0 Å². The van der Waals surface area contributed by atoms with E-state index in [2.05, 4.69) is 15.4 Å². The van der Waals surface area contributed by atoms with Gasteiger partial charge in [-0.15, -0.1) is 0 Å². The highest BCUT2D eigenvalue weighted by Gasteiger charge is 2.16. The molecule has 2 heterocycles. The molecule has 3 rings (SSSR count). The van der Waals surface area contributed by atoms with Crippen LogP contribution in [0.15, 0.2) is 42.1 Å².